The minimum atomic E-state index is -4.99. The number of carbonyl (C=O) groups excluding carboxylic acids is 1. The number of carbonyl (C=O) groups is 1. The monoisotopic (exact) mass is 310 g/mol. The van der Waals surface area contributed by atoms with Gasteiger partial charge in [-0.15, -0.1) is 0 Å². The van der Waals surface area contributed by atoms with Crippen molar-refractivity contribution in [1.82, 2.24) is 5.32 Å². The first-order valence-corrected chi connectivity index (χ1v) is 6.04. The van der Waals surface area contributed by atoms with Crippen LogP contribution in [0.25, 0.3) is 10.4 Å². The van der Waals surface area contributed by atoms with Gasteiger partial charge in [0.1, 0.15) is 6.10 Å². The molecule has 0 aromatic rings. The van der Waals surface area contributed by atoms with E-state index in [0.29, 0.717) is 0 Å². The maximum Gasteiger partial charge on any atom is 0.471 e. The van der Waals surface area contributed by atoms with E-state index < -0.39 is 49.0 Å². The average molecular weight is 310 g/mol. The summed E-state index contributed by atoms with van der Waals surface area (Å²) in [5, 5.41) is 5.15. The van der Waals surface area contributed by atoms with Crippen LogP contribution in [0.4, 0.5) is 13.2 Å². The average Bonchev–Trinajstić information content (AvgIpc) is 2.79. The molecule has 2 fully saturated rings. The number of nitrogens with one attached hydrogen (secondary N) is 1. The summed E-state index contributed by atoms with van der Waals surface area (Å²) in [4.78, 5) is 13.4. The number of hydrogen-bond donors (Lipinski definition) is 1. The summed E-state index contributed by atoms with van der Waals surface area (Å²) in [6.45, 7) is 2.78. The maximum absolute atomic E-state index is 12.1. The number of ether oxygens (including phenoxy) is 3. The third-order valence-electron chi connectivity index (χ3n) is 3.02. The van der Waals surface area contributed by atoms with Crippen LogP contribution in [0, 0.1) is 0 Å². The molecule has 0 saturated carbocycles. The smallest absolute Gasteiger partial charge is 0.346 e. The standard InChI is InChI=1S/C10H13F3N4O4/c1-9(2)20-6-5(16-17-14)4(19-7(6)21-9)3-15-8(18)10(11,12)13/h4-7H,3H2,1-2H3,(H,15,18)/t4-,5?,6?,7?/m1/s1. The van der Waals surface area contributed by atoms with Crippen LogP contribution in [0.15, 0.2) is 5.11 Å². The highest BCUT2D eigenvalue weighted by Gasteiger charge is 2.54. The summed E-state index contributed by atoms with van der Waals surface area (Å²) in [5.74, 6) is -3.04. The number of amides is 1. The molecule has 1 N–H and O–H groups in total. The van der Waals surface area contributed by atoms with Gasteiger partial charge in [0.25, 0.3) is 0 Å². The first-order valence-electron chi connectivity index (χ1n) is 6.04. The van der Waals surface area contributed by atoms with Gasteiger partial charge >= 0.3 is 12.1 Å². The SMILES string of the molecule is CC1(C)OC2O[C@H](CNC(=O)C(F)(F)F)C(N=[N+]=[N-])C2O1. The summed E-state index contributed by atoms with van der Waals surface area (Å²) >= 11 is 0. The molecule has 0 radical (unpaired) electrons. The quantitative estimate of drug-likeness (QED) is 0.480. The van der Waals surface area contributed by atoms with Crippen LogP contribution in [-0.4, -0.2) is 49.0 Å². The predicted octanol–water partition coefficient (Wildman–Crippen LogP) is 1.22. The number of azide groups is 1. The van der Waals surface area contributed by atoms with E-state index in [4.69, 9.17) is 19.7 Å². The molecule has 118 valence electrons. The van der Waals surface area contributed by atoms with E-state index in [1.54, 1.807) is 19.2 Å². The van der Waals surface area contributed by atoms with Gasteiger partial charge in [0.2, 0.25) is 0 Å². The summed E-state index contributed by atoms with van der Waals surface area (Å²) in [6.07, 6.45) is -7.54. The van der Waals surface area contributed by atoms with Crippen LogP contribution in [-0.2, 0) is 19.0 Å². The molecule has 4 atom stereocenters. The number of halogens is 3. The van der Waals surface area contributed by atoms with Gasteiger partial charge in [-0.1, -0.05) is 5.11 Å². The Balaban J connectivity index is 2.02. The lowest BCUT2D eigenvalue weighted by molar-refractivity contribution is -0.206. The second kappa shape index (κ2) is 5.34. The molecule has 8 nitrogen and oxygen atoms in total. The highest BCUT2D eigenvalue weighted by atomic mass is 19.4. The van der Waals surface area contributed by atoms with Gasteiger partial charge in [0, 0.05) is 11.5 Å². The lowest BCUT2D eigenvalue weighted by Crippen LogP contribution is -2.44. The Morgan fingerprint density at radius 1 is 1.43 bits per heavy atom. The van der Waals surface area contributed by atoms with E-state index in [2.05, 4.69) is 10.0 Å². The normalized spacial score (nSPS) is 34.1. The Labute approximate surface area is 117 Å². The van der Waals surface area contributed by atoms with Gasteiger partial charge < -0.3 is 19.5 Å². The van der Waals surface area contributed by atoms with Crippen molar-refractivity contribution in [2.45, 2.75) is 50.4 Å². The Hall–Kier alpha value is -1.55. The molecule has 2 saturated heterocycles. The third kappa shape index (κ3) is 3.38. The first kappa shape index (κ1) is 15.8. The molecule has 0 aromatic carbocycles. The van der Waals surface area contributed by atoms with Gasteiger partial charge in [-0.25, -0.2) is 0 Å². The molecule has 0 bridgehead atoms. The molecule has 2 heterocycles. The van der Waals surface area contributed by atoms with Crippen LogP contribution < -0.4 is 5.32 Å². The number of rotatable bonds is 3. The Bertz CT molecular complexity index is 477. The Morgan fingerprint density at radius 2 is 2.10 bits per heavy atom. The van der Waals surface area contributed by atoms with Crippen molar-refractivity contribution in [3.05, 3.63) is 10.4 Å². The van der Waals surface area contributed by atoms with Crippen molar-refractivity contribution in [2.24, 2.45) is 5.11 Å². The van der Waals surface area contributed by atoms with Gasteiger partial charge in [-0.05, 0) is 19.4 Å². The lowest BCUT2D eigenvalue weighted by atomic mass is 10.1. The molecule has 21 heavy (non-hydrogen) atoms. The summed E-state index contributed by atoms with van der Waals surface area (Å²) in [5.41, 5.74) is 8.54. The van der Waals surface area contributed by atoms with Gasteiger partial charge in [-0.2, -0.15) is 13.2 Å². The van der Waals surface area contributed by atoms with Crippen LogP contribution >= 0.6 is 0 Å². The van der Waals surface area contributed by atoms with Gasteiger partial charge in [-0.3, -0.25) is 4.79 Å². The minimum absolute atomic E-state index is 0.470. The Morgan fingerprint density at radius 3 is 2.67 bits per heavy atom. The largest absolute Gasteiger partial charge is 0.471 e. The second-order valence-electron chi connectivity index (χ2n) is 5.05. The predicted molar refractivity (Wildman–Crippen MR) is 60.7 cm³/mol. The van der Waals surface area contributed by atoms with E-state index in [1.807, 2.05) is 0 Å². The highest BCUT2D eigenvalue weighted by molar-refractivity contribution is 5.81. The van der Waals surface area contributed by atoms with Crippen molar-refractivity contribution < 1.29 is 32.2 Å². The van der Waals surface area contributed by atoms with Crippen molar-refractivity contribution >= 4 is 5.91 Å². The molecule has 0 aliphatic carbocycles. The molecule has 1 amide bonds. The molecule has 11 heteroatoms. The van der Waals surface area contributed by atoms with Crippen LogP contribution in [0.5, 0.6) is 0 Å². The zero-order valence-corrected chi connectivity index (χ0v) is 11.1. The van der Waals surface area contributed by atoms with Gasteiger partial charge in [0.15, 0.2) is 12.1 Å². The first-order chi connectivity index (χ1) is 9.64. The van der Waals surface area contributed by atoms with Crippen LogP contribution in [0.1, 0.15) is 13.8 Å². The van der Waals surface area contributed by atoms with E-state index in [1.165, 1.54) is 0 Å². The molecule has 0 spiro atoms. The number of hydrogen-bond acceptors (Lipinski definition) is 5. The molecule has 2 aliphatic heterocycles. The molecular weight excluding hydrogens is 297 g/mol. The second-order valence-corrected chi connectivity index (χ2v) is 5.05. The van der Waals surface area contributed by atoms with E-state index in [9.17, 15) is 18.0 Å². The van der Waals surface area contributed by atoms with Crippen molar-refractivity contribution in [3.8, 4) is 0 Å². The van der Waals surface area contributed by atoms with Crippen molar-refractivity contribution in [2.75, 3.05) is 6.54 Å². The third-order valence-corrected chi connectivity index (χ3v) is 3.02. The summed E-state index contributed by atoms with van der Waals surface area (Å²) < 4.78 is 52.6. The summed E-state index contributed by atoms with van der Waals surface area (Å²) in [7, 11) is 0. The summed E-state index contributed by atoms with van der Waals surface area (Å²) in [6, 6.07) is -0.893. The number of nitrogens with zero attached hydrogens (tertiary/aromatic N) is 3. The fourth-order valence-corrected chi connectivity index (χ4v) is 2.22. The zero-order chi connectivity index (χ0) is 15.8. The van der Waals surface area contributed by atoms with Crippen LogP contribution in [0.3, 0.4) is 0 Å². The fraction of sp³-hybridized carbons (Fsp3) is 0.900. The highest BCUT2D eigenvalue weighted by Crippen LogP contribution is 2.38. The van der Waals surface area contributed by atoms with E-state index in [0.717, 1.165) is 0 Å². The molecule has 2 aliphatic rings. The Kier molecular flexibility index (Phi) is 4.02. The maximum atomic E-state index is 12.1. The molecule has 2 rings (SSSR count). The number of fused-ring (bicyclic) bond motifs is 1. The zero-order valence-electron chi connectivity index (χ0n) is 11.1. The van der Waals surface area contributed by atoms with Crippen molar-refractivity contribution in [3.63, 3.8) is 0 Å². The topological polar surface area (TPSA) is 106 Å². The van der Waals surface area contributed by atoms with E-state index >= 15 is 0 Å². The molecule has 3 unspecified atom stereocenters. The molecular formula is C10H13F3N4O4. The van der Waals surface area contributed by atoms with Gasteiger partial charge in [0.05, 0.1) is 12.1 Å². The number of alkyl halides is 3. The fourth-order valence-electron chi connectivity index (χ4n) is 2.22. The van der Waals surface area contributed by atoms with Crippen molar-refractivity contribution in [1.29, 1.82) is 0 Å². The van der Waals surface area contributed by atoms with Crippen LogP contribution in [0.2, 0.25) is 0 Å². The molecule has 0 aromatic heterocycles. The lowest BCUT2D eigenvalue weighted by Gasteiger charge is -2.23. The van der Waals surface area contributed by atoms with E-state index in [-0.39, 0.29) is 0 Å². The minimum Gasteiger partial charge on any atom is -0.346 e.